The Morgan fingerprint density at radius 3 is 2.33 bits per heavy atom. The lowest BCUT2D eigenvalue weighted by Gasteiger charge is -2.35. The normalized spacial score (nSPS) is 30.6. The van der Waals surface area contributed by atoms with Crippen molar-refractivity contribution < 1.29 is 19.2 Å². The molecule has 2 aromatic rings. The van der Waals surface area contributed by atoms with Gasteiger partial charge in [-0.2, -0.15) is 0 Å². The van der Waals surface area contributed by atoms with Crippen LogP contribution in [0.25, 0.3) is 0 Å². The Labute approximate surface area is 175 Å². The van der Waals surface area contributed by atoms with Crippen LogP contribution in [0.2, 0.25) is 0 Å². The number of carbonyl (C=O) groups is 1. The van der Waals surface area contributed by atoms with Crippen molar-refractivity contribution in [3.8, 4) is 5.75 Å². The molecule has 2 aromatic carbocycles. The quantitative estimate of drug-likeness (QED) is 0.426. The average molecular weight is 410 g/mol. The van der Waals surface area contributed by atoms with Gasteiger partial charge < -0.3 is 9.47 Å². The summed E-state index contributed by atoms with van der Waals surface area (Å²) in [7, 11) is 2.94. The second-order valence-corrected chi connectivity index (χ2v) is 8.22. The SMILES string of the molecule is COC(=O)[C@@]12CCCN1[C@H](c1ccc(OC)cc1)[C@](C)([N+](=O)[O-])[C@H]2c1ccccc1. The first kappa shape index (κ1) is 20.3. The van der Waals surface area contributed by atoms with E-state index in [2.05, 4.69) is 0 Å². The monoisotopic (exact) mass is 410 g/mol. The maximum atomic E-state index is 13.3. The van der Waals surface area contributed by atoms with Crippen LogP contribution in [-0.4, -0.2) is 47.6 Å². The third-order valence-electron chi connectivity index (χ3n) is 6.89. The zero-order valence-electron chi connectivity index (χ0n) is 17.4. The predicted octanol–water partition coefficient (Wildman–Crippen LogP) is 3.58. The summed E-state index contributed by atoms with van der Waals surface area (Å²) in [5, 5.41) is 12.7. The number of fused-ring (bicyclic) bond motifs is 1. The molecule has 4 atom stereocenters. The molecule has 0 unspecified atom stereocenters. The van der Waals surface area contributed by atoms with Crippen LogP contribution in [0.15, 0.2) is 54.6 Å². The summed E-state index contributed by atoms with van der Waals surface area (Å²) in [6.45, 7) is 2.27. The number of nitro groups is 1. The molecule has 2 aliphatic rings. The van der Waals surface area contributed by atoms with Crippen molar-refractivity contribution in [3.63, 3.8) is 0 Å². The molecule has 2 saturated heterocycles. The van der Waals surface area contributed by atoms with Crippen molar-refractivity contribution in [1.82, 2.24) is 4.90 Å². The molecular formula is C23H26N2O5. The molecule has 0 aliphatic carbocycles. The lowest BCUT2D eigenvalue weighted by molar-refractivity contribution is -0.573. The lowest BCUT2D eigenvalue weighted by atomic mass is 9.69. The van der Waals surface area contributed by atoms with E-state index in [1.165, 1.54) is 7.11 Å². The van der Waals surface area contributed by atoms with Crippen LogP contribution in [0.4, 0.5) is 0 Å². The first-order chi connectivity index (χ1) is 14.4. The number of hydrogen-bond donors (Lipinski definition) is 0. The highest BCUT2D eigenvalue weighted by atomic mass is 16.6. The molecule has 7 heteroatoms. The Kier molecular flexibility index (Phi) is 5.02. The molecule has 0 amide bonds. The van der Waals surface area contributed by atoms with Gasteiger partial charge >= 0.3 is 5.97 Å². The minimum atomic E-state index is -1.43. The number of benzene rings is 2. The molecule has 7 nitrogen and oxygen atoms in total. The number of esters is 1. The van der Waals surface area contributed by atoms with Gasteiger partial charge in [0.25, 0.3) is 0 Å². The molecule has 2 fully saturated rings. The molecule has 2 aliphatic heterocycles. The van der Waals surface area contributed by atoms with E-state index < -0.39 is 29.0 Å². The summed E-state index contributed by atoms with van der Waals surface area (Å²) < 4.78 is 10.5. The van der Waals surface area contributed by atoms with E-state index in [1.54, 1.807) is 26.2 Å². The molecule has 0 bridgehead atoms. The molecular weight excluding hydrogens is 384 g/mol. The Hall–Kier alpha value is -2.93. The van der Waals surface area contributed by atoms with Gasteiger partial charge in [-0.3, -0.25) is 19.8 Å². The molecule has 158 valence electrons. The van der Waals surface area contributed by atoms with Gasteiger partial charge in [-0.25, -0.2) is 0 Å². The van der Waals surface area contributed by atoms with Crippen molar-refractivity contribution >= 4 is 5.97 Å². The standard InChI is InChI=1S/C23H26N2O5/c1-22(25(27)28)19(16-8-5-4-6-9-16)23(21(26)30-3)14-7-15-24(23)20(22)17-10-12-18(29-2)13-11-17/h4-6,8-13,19-20H,7,14-15H2,1-3H3/t19-,20-,22-,23+/m1/s1. The number of carbonyl (C=O) groups excluding carboxylic acids is 1. The summed E-state index contributed by atoms with van der Waals surface area (Å²) in [6, 6.07) is 16.1. The molecule has 2 heterocycles. The molecule has 30 heavy (non-hydrogen) atoms. The predicted molar refractivity (Wildman–Crippen MR) is 111 cm³/mol. The van der Waals surface area contributed by atoms with Crippen LogP contribution < -0.4 is 4.74 Å². The zero-order chi connectivity index (χ0) is 21.5. The third kappa shape index (κ3) is 2.65. The van der Waals surface area contributed by atoms with Crippen LogP contribution in [-0.2, 0) is 9.53 Å². The van der Waals surface area contributed by atoms with Crippen LogP contribution in [0, 0.1) is 10.1 Å². The summed E-state index contributed by atoms with van der Waals surface area (Å²) in [4.78, 5) is 27.8. The van der Waals surface area contributed by atoms with E-state index in [4.69, 9.17) is 9.47 Å². The van der Waals surface area contributed by atoms with Gasteiger partial charge in [0.15, 0.2) is 0 Å². The Morgan fingerprint density at radius 2 is 1.77 bits per heavy atom. The fourth-order valence-corrected chi connectivity index (χ4v) is 5.77. The van der Waals surface area contributed by atoms with Gasteiger partial charge in [-0.05, 0) is 36.1 Å². The van der Waals surface area contributed by atoms with E-state index in [9.17, 15) is 14.9 Å². The zero-order valence-corrected chi connectivity index (χ0v) is 17.4. The maximum absolute atomic E-state index is 13.3. The van der Waals surface area contributed by atoms with E-state index in [0.29, 0.717) is 18.7 Å². The highest BCUT2D eigenvalue weighted by Crippen LogP contribution is 2.62. The topological polar surface area (TPSA) is 81.9 Å². The minimum Gasteiger partial charge on any atom is -0.497 e. The second kappa shape index (κ2) is 7.40. The molecule has 0 spiro atoms. The smallest absolute Gasteiger partial charge is 0.327 e. The van der Waals surface area contributed by atoms with Gasteiger partial charge in [0.05, 0.1) is 20.1 Å². The largest absolute Gasteiger partial charge is 0.497 e. The minimum absolute atomic E-state index is 0.206. The van der Waals surface area contributed by atoms with Crippen LogP contribution >= 0.6 is 0 Å². The van der Waals surface area contributed by atoms with Crippen LogP contribution in [0.3, 0.4) is 0 Å². The van der Waals surface area contributed by atoms with E-state index >= 15 is 0 Å². The number of hydrogen-bond acceptors (Lipinski definition) is 6. The van der Waals surface area contributed by atoms with E-state index in [0.717, 1.165) is 17.5 Å². The summed E-state index contributed by atoms with van der Waals surface area (Å²) >= 11 is 0. The van der Waals surface area contributed by atoms with Gasteiger partial charge in [0, 0.05) is 18.4 Å². The number of ether oxygens (including phenoxy) is 2. The molecule has 0 radical (unpaired) electrons. The fraction of sp³-hybridized carbons (Fsp3) is 0.435. The molecule has 0 saturated carbocycles. The van der Waals surface area contributed by atoms with Crippen molar-refractivity contribution in [2.24, 2.45) is 0 Å². The van der Waals surface area contributed by atoms with Crippen molar-refractivity contribution in [3.05, 3.63) is 75.8 Å². The van der Waals surface area contributed by atoms with Crippen LogP contribution in [0.5, 0.6) is 5.75 Å². The Bertz CT molecular complexity index is 948. The van der Waals surface area contributed by atoms with Crippen molar-refractivity contribution in [2.45, 2.75) is 42.8 Å². The van der Waals surface area contributed by atoms with Gasteiger partial charge in [-0.15, -0.1) is 0 Å². The van der Waals surface area contributed by atoms with Crippen LogP contribution in [0.1, 0.15) is 42.9 Å². The average Bonchev–Trinajstić information content (AvgIpc) is 3.28. The first-order valence-corrected chi connectivity index (χ1v) is 10.1. The summed E-state index contributed by atoms with van der Waals surface area (Å²) in [6.07, 6.45) is 1.30. The van der Waals surface area contributed by atoms with E-state index in [1.807, 2.05) is 47.4 Å². The second-order valence-electron chi connectivity index (χ2n) is 8.22. The van der Waals surface area contributed by atoms with E-state index in [-0.39, 0.29) is 4.92 Å². The first-order valence-electron chi connectivity index (χ1n) is 10.1. The van der Waals surface area contributed by atoms with Crippen molar-refractivity contribution in [1.29, 1.82) is 0 Å². The maximum Gasteiger partial charge on any atom is 0.327 e. The molecule has 0 N–H and O–H groups in total. The third-order valence-corrected chi connectivity index (χ3v) is 6.89. The number of rotatable bonds is 5. The van der Waals surface area contributed by atoms with Gasteiger partial charge in [0.2, 0.25) is 5.54 Å². The highest BCUT2D eigenvalue weighted by Gasteiger charge is 2.76. The lowest BCUT2D eigenvalue weighted by Crippen LogP contribution is -2.52. The fourth-order valence-electron chi connectivity index (χ4n) is 5.77. The number of methoxy groups -OCH3 is 2. The van der Waals surface area contributed by atoms with Gasteiger partial charge in [-0.1, -0.05) is 42.5 Å². The Morgan fingerprint density at radius 1 is 1.10 bits per heavy atom. The number of nitrogens with zero attached hydrogens (tertiary/aromatic N) is 2. The summed E-state index contributed by atoms with van der Waals surface area (Å²) in [5.41, 5.74) is -0.929. The molecule has 0 aromatic heterocycles. The highest BCUT2D eigenvalue weighted by molar-refractivity contribution is 5.84. The Balaban J connectivity index is 1.98. The van der Waals surface area contributed by atoms with Crippen molar-refractivity contribution in [2.75, 3.05) is 20.8 Å². The summed E-state index contributed by atoms with van der Waals surface area (Å²) in [5.74, 6) is -0.374. The molecule has 4 rings (SSSR count). The van der Waals surface area contributed by atoms with Gasteiger partial charge in [0.1, 0.15) is 17.3 Å².